The number of halogens is 1. The summed E-state index contributed by atoms with van der Waals surface area (Å²) in [5.74, 6) is 0.556. The maximum absolute atomic E-state index is 12.1. The van der Waals surface area contributed by atoms with Crippen LogP contribution in [-0.2, 0) is 11.2 Å². The second kappa shape index (κ2) is 7.13. The Balaban J connectivity index is 1.99. The van der Waals surface area contributed by atoms with E-state index in [-0.39, 0.29) is 5.91 Å². The number of ether oxygens (including phenoxy) is 1. The molecule has 2 aromatic carbocycles. The van der Waals surface area contributed by atoms with E-state index < -0.39 is 0 Å². The van der Waals surface area contributed by atoms with E-state index in [0.717, 1.165) is 10.0 Å². The van der Waals surface area contributed by atoms with Gasteiger partial charge in [-0.3, -0.25) is 4.79 Å². The van der Waals surface area contributed by atoms with Crippen molar-refractivity contribution in [1.82, 2.24) is 0 Å². The van der Waals surface area contributed by atoms with Crippen LogP contribution in [0.5, 0.6) is 5.75 Å². The molecule has 0 unspecified atom stereocenters. The van der Waals surface area contributed by atoms with Crippen molar-refractivity contribution in [2.75, 3.05) is 18.2 Å². The van der Waals surface area contributed by atoms with E-state index in [2.05, 4.69) is 21.2 Å². The van der Waals surface area contributed by atoms with E-state index in [1.54, 1.807) is 13.2 Å². The number of nitrogen functional groups attached to an aromatic ring is 1. The van der Waals surface area contributed by atoms with Crippen molar-refractivity contribution in [2.24, 2.45) is 0 Å². The van der Waals surface area contributed by atoms with Gasteiger partial charge in [-0.1, -0.05) is 34.1 Å². The fourth-order valence-corrected chi connectivity index (χ4v) is 2.36. The number of rotatable bonds is 5. The summed E-state index contributed by atoms with van der Waals surface area (Å²) in [5, 5.41) is 2.86. The first-order chi connectivity index (χ1) is 10.1. The molecule has 4 nitrogen and oxygen atoms in total. The van der Waals surface area contributed by atoms with Crippen molar-refractivity contribution in [3.63, 3.8) is 0 Å². The summed E-state index contributed by atoms with van der Waals surface area (Å²) >= 11 is 3.38. The molecular formula is C16H17BrN2O2. The molecule has 0 heterocycles. The van der Waals surface area contributed by atoms with Crippen LogP contribution in [0.15, 0.2) is 46.9 Å². The van der Waals surface area contributed by atoms with Crippen molar-refractivity contribution in [1.29, 1.82) is 0 Å². The lowest BCUT2D eigenvalue weighted by Gasteiger charge is -2.11. The second-order valence-electron chi connectivity index (χ2n) is 4.59. The minimum Gasteiger partial charge on any atom is -0.495 e. The molecule has 0 atom stereocenters. The molecule has 5 heteroatoms. The third kappa shape index (κ3) is 4.23. The molecule has 0 aliphatic rings. The van der Waals surface area contributed by atoms with Gasteiger partial charge in [-0.05, 0) is 36.2 Å². The standard InChI is InChI=1S/C16H17BrN2O2/c1-21-15-8-7-12(17)10-14(15)19-16(20)9-6-11-4-2-3-5-13(11)18/h2-5,7-8,10H,6,9,18H2,1H3,(H,19,20). The molecule has 21 heavy (non-hydrogen) atoms. The average Bonchev–Trinajstić information content (AvgIpc) is 2.47. The molecule has 0 radical (unpaired) electrons. The summed E-state index contributed by atoms with van der Waals surface area (Å²) < 4.78 is 6.11. The normalized spacial score (nSPS) is 10.2. The van der Waals surface area contributed by atoms with Gasteiger partial charge in [0, 0.05) is 16.6 Å². The van der Waals surface area contributed by atoms with Crippen molar-refractivity contribution < 1.29 is 9.53 Å². The van der Waals surface area contributed by atoms with E-state index in [1.165, 1.54) is 0 Å². The van der Waals surface area contributed by atoms with Crippen molar-refractivity contribution >= 4 is 33.2 Å². The third-order valence-corrected chi connectivity index (χ3v) is 3.61. The van der Waals surface area contributed by atoms with E-state index in [9.17, 15) is 4.79 Å². The third-order valence-electron chi connectivity index (χ3n) is 3.11. The van der Waals surface area contributed by atoms with Crippen LogP contribution in [0.1, 0.15) is 12.0 Å². The molecule has 0 saturated heterocycles. The Labute approximate surface area is 132 Å². The van der Waals surface area contributed by atoms with Gasteiger partial charge in [0.1, 0.15) is 5.75 Å². The number of para-hydroxylation sites is 1. The quantitative estimate of drug-likeness (QED) is 0.811. The summed E-state index contributed by atoms with van der Waals surface area (Å²) in [4.78, 5) is 12.1. The van der Waals surface area contributed by atoms with E-state index >= 15 is 0 Å². The predicted octanol–water partition coefficient (Wildman–Crippen LogP) is 3.61. The van der Waals surface area contributed by atoms with Gasteiger partial charge in [0.15, 0.2) is 0 Å². The van der Waals surface area contributed by atoms with Crippen LogP contribution >= 0.6 is 15.9 Å². The lowest BCUT2D eigenvalue weighted by atomic mass is 10.1. The Morgan fingerprint density at radius 3 is 2.76 bits per heavy atom. The fraction of sp³-hybridized carbons (Fsp3) is 0.188. The van der Waals surface area contributed by atoms with Crippen molar-refractivity contribution in [3.8, 4) is 5.75 Å². The topological polar surface area (TPSA) is 64.3 Å². The summed E-state index contributed by atoms with van der Waals surface area (Å²) in [6.07, 6.45) is 0.971. The Bertz CT molecular complexity index is 644. The van der Waals surface area contributed by atoms with Gasteiger partial charge in [-0.25, -0.2) is 0 Å². The number of amides is 1. The van der Waals surface area contributed by atoms with Gasteiger partial charge in [-0.15, -0.1) is 0 Å². The molecular weight excluding hydrogens is 332 g/mol. The number of methoxy groups -OCH3 is 1. The number of aryl methyl sites for hydroxylation is 1. The average molecular weight is 349 g/mol. The van der Waals surface area contributed by atoms with E-state index in [0.29, 0.717) is 30.0 Å². The number of hydrogen-bond donors (Lipinski definition) is 2. The predicted molar refractivity (Wildman–Crippen MR) is 88.5 cm³/mol. The second-order valence-corrected chi connectivity index (χ2v) is 5.51. The number of carbonyl (C=O) groups is 1. The Morgan fingerprint density at radius 2 is 2.05 bits per heavy atom. The van der Waals surface area contributed by atoms with Gasteiger partial charge in [0.2, 0.25) is 5.91 Å². The number of anilines is 2. The molecule has 0 aliphatic carbocycles. The lowest BCUT2D eigenvalue weighted by Crippen LogP contribution is -2.13. The first-order valence-electron chi connectivity index (χ1n) is 6.57. The number of hydrogen-bond acceptors (Lipinski definition) is 3. The highest BCUT2D eigenvalue weighted by Gasteiger charge is 2.09. The lowest BCUT2D eigenvalue weighted by molar-refractivity contribution is -0.116. The maximum atomic E-state index is 12.1. The van der Waals surface area contributed by atoms with Gasteiger partial charge >= 0.3 is 0 Å². The summed E-state index contributed by atoms with van der Waals surface area (Å²) in [6, 6.07) is 13.0. The van der Waals surface area contributed by atoms with Crippen LogP contribution in [-0.4, -0.2) is 13.0 Å². The molecule has 0 fully saturated rings. The molecule has 0 aromatic heterocycles. The Kier molecular flexibility index (Phi) is 5.22. The molecule has 0 saturated carbocycles. The van der Waals surface area contributed by atoms with Crippen LogP contribution in [0, 0.1) is 0 Å². The Morgan fingerprint density at radius 1 is 1.29 bits per heavy atom. The highest BCUT2D eigenvalue weighted by molar-refractivity contribution is 9.10. The number of nitrogens with one attached hydrogen (secondary N) is 1. The van der Waals surface area contributed by atoms with Gasteiger partial charge in [-0.2, -0.15) is 0 Å². The van der Waals surface area contributed by atoms with Crippen LogP contribution in [0.4, 0.5) is 11.4 Å². The van der Waals surface area contributed by atoms with Crippen LogP contribution < -0.4 is 15.8 Å². The molecule has 2 rings (SSSR count). The number of nitrogens with two attached hydrogens (primary N) is 1. The van der Waals surface area contributed by atoms with Crippen molar-refractivity contribution in [3.05, 3.63) is 52.5 Å². The van der Waals surface area contributed by atoms with E-state index in [1.807, 2.05) is 36.4 Å². The van der Waals surface area contributed by atoms with Crippen LogP contribution in [0.3, 0.4) is 0 Å². The zero-order chi connectivity index (χ0) is 15.2. The first kappa shape index (κ1) is 15.4. The van der Waals surface area contributed by atoms with Crippen molar-refractivity contribution in [2.45, 2.75) is 12.8 Å². The highest BCUT2D eigenvalue weighted by atomic mass is 79.9. The van der Waals surface area contributed by atoms with Gasteiger partial charge in [0.05, 0.1) is 12.8 Å². The van der Waals surface area contributed by atoms with Crippen LogP contribution in [0.25, 0.3) is 0 Å². The summed E-state index contributed by atoms with van der Waals surface area (Å²) in [7, 11) is 1.57. The monoisotopic (exact) mass is 348 g/mol. The maximum Gasteiger partial charge on any atom is 0.224 e. The zero-order valence-corrected chi connectivity index (χ0v) is 13.3. The van der Waals surface area contributed by atoms with Crippen LogP contribution in [0.2, 0.25) is 0 Å². The first-order valence-corrected chi connectivity index (χ1v) is 7.36. The SMILES string of the molecule is COc1ccc(Br)cc1NC(=O)CCc1ccccc1N. The fourth-order valence-electron chi connectivity index (χ4n) is 2.00. The van der Waals surface area contributed by atoms with Gasteiger partial charge < -0.3 is 15.8 Å². The minimum absolute atomic E-state index is 0.0744. The van der Waals surface area contributed by atoms with E-state index in [4.69, 9.17) is 10.5 Å². The molecule has 0 bridgehead atoms. The largest absolute Gasteiger partial charge is 0.495 e. The summed E-state index contributed by atoms with van der Waals surface area (Å²) in [5.41, 5.74) is 8.21. The molecule has 3 N–H and O–H groups in total. The minimum atomic E-state index is -0.0744. The molecule has 0 spiro atoms. The molecule has 1 amide bonds. The Hall–Kier alpha value is -2.01. The van der Waals surface area contributed by atoms with Gasteiger partial charge in [0.25, 0.3) is 0 Å². The molecule has 110 valence electrons. The molecule has 2 aromatic rings. The smallest absolute Gasteiger partial charge is 0.224 e. The highest BCUT2D eigenvalue weighted by Crippen LogP contribution is 2.28. The number of carbonyl (C=O) groups excluding carboxylic acids is 1. The number of benzene rings is 2. The summed E-state index contributed by atoms with van der Waals surface area (Å²) in [6.45, 7) is 0. The zero-order valence-electron chi connectivity index (χ0n) is 11.7. The molecule has 0 aliphatic heterocycles.